The minimum absolute atomic E-state index is 0.247. The number of rotatable bonds is 3. The van der Waals surface area contributed by atoms with Gasteiger partial charge < -0.3 is 10.0 Å². The lowest BCUT2D eigenvalue weighted by atomic mass is 10.2. The molecule has 0 bridgehead atoms. The Morgan fingerprint density at radius 2 is 2.16 bits per heavy atom. The summed E-state index contributed by atoms with van der Waals surface area (Å²) in [4.78, 5) is 14.8. The van der Waals surface area contributed by atoms with Crippen LogP contribution in [-0.4, -0.2) is 23.0 Å². The second-order valence-corrected chi connectivity index (χ2v) is 5.35. The predicted molar refractivity (Wildman–Crippen MR) is 72.9 cm³/mol. The van der Waals surface area contributed by atoms with Crippen molar-refractivity contribution in [1.82, 2.24) is 4.90 Å². The second kappa shape index (κ2) is 5.40. The van der Waals surface area contributed by atoms with E-state index >= 15 is 0 Å². The number of carbonyl (C=O) groups excluding carboxylic acids is 1. The summed E-state index contributed by atoms with van der Waals surface area (Å²) < 4.78 is 12.9. The van der Waals surface area contributed by atoms with Crippen LogP contribution >= 0.6 is 11.3 Å². The van der Waals surface area contributed by atoms with Gasteiger partial charge in [-0.25, -0.2) is 4.39 Å². The van der Waals surface area contributed by atoms with Crippen LogP contribution in [0.15, 0.2) is 29.6 Å². The highest BCUT2D eigenvalue weighted by Crippen LogP contribution is 2.20. The summed E-state index contributed by atoms with van der Waals surface area (Å²) >= 11 is 1.59. The number of carbonyl (C=O) groups is 1. The number of amides is 1. The average molecular weight is 279 g/mol. The minimum atomic E-state index is -0.728. The molecular weight excluding hydrogens is 265 g/mol. The van der Waals surface area contributed by atoms with Gasteiger partial charge in [0, 0.05) is 17.5 Å². The van der Waals surface area contributed by atoms with Gasteiger partial charge in [-0.3, -0.25) is 4.79 Å². The zero-order valence-electron chi connectivity index (χ0n) is 10.7. The first kappa shape index (κ1) is 13.5. The second-order valence-electron chi connectivity index (χ2n) is 4.35. The maximum atomic E-state index is 12.9. The number of aryl methyl sites for hydroxylation is 1. The van der Waals surface area contributed by atoms with E-state index in [0.29, 0.717) is 6.54 Å². The molecule has 0 saturated heterocycles. The first-order valence-corrected chi connectivity index (χ1v) is 6.64. The molecule has 2 aromatic rings. The van der Waals surface area contributed by atoms with Crippen molar-refractivity contribution in [2.45, 2.75) is 13.5 Å². The third-order valence-corrected chi connectivity index (χ3v) is 3.90. The van der Waals surface area contributed by atoms with Crippen LogP contribution in [0.5, 0.6) is 5.75 Å². The van der Waals surface area contributed by atoms with E-state index < -0.39 is 11.6 Å². The molecule has 1 aromatic heterocycles. The van der Waals surface area contributed by atoms with Crippen LogP contribution < -0.4 is 0 Å². The molecule has 0 spiro atoms. The SMILES string of the molecule is Cc1ccsc1CN(C)C(=O)c1ccc(F)c(O)c1. The summed E-state index contributed by atoms with van der Waals surface area (Å²) in [6.45, 7) is 2.49. The Morgan fingerprint density at radius 1 is 1.42 bits per heavy atom. The fourth-order valence-corrected chi connectivity index (χ4v) is 2.68. The van der Waals surface area contributed by atoms with Crippen LogP contribution in [0.1, 0.15) is 20.8 Å². The number of halogens is 1. The number of phenolic OH excluding ortho intramolecular Hbond substituents is 1. The fraction of sp³-hybridized carbons (Fsp3) is 0.214. The Hall–Kier alpha value is -1.88. The molecule has 19 heavy (non-hydrogen) atoms. The molecule has 0 saturated carbocycles. The molecule has 2 rings (SSSR count). The lowest BCUT2D eigenvalue weighted by Gasteiger charge is -2.17. The molecule has 0 aliphatic rings. The van der Waals surface area contributed by atoms with Crippen molar-refractivity contribution in [1.29, 1.82) is 0 Å². The summed E-state index contributed by atoms with van der Waals surface area (Å²) in [5.74, 6) is -1.48. The highest BCUT2D eigenvalue weighted by molar-refractivity contribution is 7.10. The Morgan fingerprint density at radius 3 is 2.74 bits per heavy atom. The van der Waals surface area contributed by atoms with E-state index in [1.807, 2.05) is 18.4 Å². The Labute approximate surface area is 114 Å². The molecule has 5 heteroatoms. The Kier molecular flexibility index (Phi) is 3.85. The van der Waals surface area contributed by atoms with Crippen molar-refractivity contribution in [2.75, 3.05) is 7.05 Å². The number of thiophene rings is 1. The number of nitrogens with zero attached hydrogens (tertiary/aromatic N) is 1. The molecule has 1 N–H and O–H groups in total. The highest BCUT2D eigenvalue weighted by atomic mass is 32.1. The van der Waals surface area contributed by atoms with Crippen LogP contribution in [0.2, 0.25) is 0 Å². The van der Waals surface area contributed by atoms with Gasteiger partial charge in [0.15, 0.2) is 11.6 Å². The molecule has 0 atom stereocenters. The van der Waals surface area contributed by atoms with Gasteiger partial charge in [0.1, 0.15) is 0 Å². The molecule has 1 amide bonds. The van der Waals surface area contributed by atoms with E-state index in [1.165, 1.54) is 6.07 Å². The van der Waals surface area contributed by atoms with Crippen LogP contribution in [0.4, 0.5) is 4.39 Å². The van der Waals surface area contributed by atoms with Gasteiger partial charge in [-0.1, -0.05) is 0 Å². The molecule has 1 aromatic carbocycles. The van der Waals surface area contributed by atoms with Gasteiger partial charge >= 0.3 is 0 Å². The standard InChI is InChI=1S/C14H14FNO2S/c1-9-5-6-19-13(9)8-16(2)14(18)10-3-4-11(15)12(17)7-10/h3-7,17H,8H2,1-2H3. The monoisotopic (exact) mass is 279 g/mol. The van der Waals surface area contributed by atoms with Gasteiger partial charge in [0.2, 0.25) is 0 Å². The molecular formula is C14H14FNO2S. The maximum Gasteiger partial charge on any atom is 0.254 e. The molecule has 0 fully saturated rings. The van der Waals surface area contributed by atoms with Crippen molar-refractivity contribution >= 4 is 17.2 Å². The molecule has 3 nitrogen and oxygen atoms in total. The molecule has 0 aliphatic heterocycles. The fourth-order valence-electron chi connectivity index (χ4n) is 1.72. The van der Waals surface area contributed by atoms with Crippen molar-refractivity contribution in [3.8, 4) is 5.75 Å². The lowest BCUT2D eigenvalue weighted by molar-refractivity contribution is 0.0786. The number of hydrogen-bond acceptors (Lipinski definition) is 3. The largest absolute Gasteiger partial charge is 0.505 e. The van der Waals surface area contributed by atoms with E-state index in [4.69, 9.17) is 0 Å². The number of benzene rings is 1. The topological polar surface area (TPSA) is 40.5 Å². The van der Waals surface area contributed by atoms with Crippen LogP contribution in [0, 0.1) is 12.7 Å². The van der Waals surface area contributed by atoms with Gasteiger partial charge in [-0.2, -0.15) is 0 Å². The minimum Gasteiger partial charge on any atom is -0.505 e. The van der Waals surface area contributed by atoms with E-state index in [0.717, 1.165) is 22.6 Å². The summed E-state index contributed by atoms with van der Waals surface area (Å²) in [5, 5.41) is 11.3. The summed E-state index contributed by atoms with van der Waals surface area (Å²) in [6.07, 6.45) is 0. The van der Waals surface area contributed by atoms with Crippen LogP contribution in [0.25, 0.3) is 0 Å². The predicted octanol–water partition coefficient (Wildman–Crippen LogP) is 3.17. The maximum absolute atomic E-state index is 12.9. The van der Waals surface area contributed by atoms with Crippen LogP contribution in [-0.2, 0) is 6.54 Å². The molecule has 0 unspecified atom stereocenters. The summed E-state index contributed by atoms with van der Waals surface area (Å²) in [6, 6.07) is 5.61. The molecule has 100 valence electrons. The van der Waals surface area contributed by atoms with E-state index in [1.54, 1.807) is 23.3 Å². The average Bonchev–Trinajstić information content (AvgIpc) is 2.77. The van der Waals surface area contributed by atoms with Gasteiger partial charge in [0.05, 0.1) is 6.54 Å². The normalized spacial score (nSPS) is 10.5. The quantitative estimate of drug-likeness (QED) is 0.937. The highest BCUT2D eigenvalue weighted by Gasteiger charge is 2.15. The van der Waals surface area contributed by atoms with Gasteiger partial charge in [0.25, 0.3) is 5.91 Å². The van der Waals surface area contributed by atoms with Gasteiger partial charge in [-0.05, 0) is 42.1 Å². The smallest absolute Gasteiger partial charge is 0.254 e. The molecule has 0 radical (unpaired) electrons. The number of hydrogen-bond donors (Lipinski definition) is 1. The zero-order valence-corrected chi connectivity index (χ0v) is 11.5. The first-order chi connectivity index (χ1) is 8.99. The number of phenols is 1. The number of aromatic hydroxyl groups is 1. The first-order valence-electron chi connectivity index (χ1n) is 5.76. The van der Waals surface area contributed by atoms with Crippen molar-refractivity contribution < 1.29 is 14.3 Å². The summed E-state index contributed by atoms with van der Waals surface area (Å²) in [7, 11) is 1.68. The van der Waals surface area contributed by atoms with E-state index in [-0.39, 0.29) is 11.5 Å². The Bertz CT molecular complexity index is 609. The lowest BCUT2D eigenvalue weighted by Crippen LogP contribution is -2.26. The van der Waals surface area contributed by atoms with Crippen molar-refractivity contribution in [2.24, 2.45) is 0 Å². The van der Waals surface area contributed by atoms with E-state index in [2.05, 4.69) is 0 Å². The molecule has 1 heterocycles. The third kappa shape index (κ3) is 2.93. The van der Waals surface area contributed by atoms with Crippen molar-refractivity contribution in [3.63, 3.8) is 0 Å². The van der Waals surface area contributed by atoms with Crippen LogP contribution in [0.3, 0.4) is 0 Å². The molecule has 0 aliphatic carbocycles. The van der Waals surface area contributed by atoms with E-state index in [9.17, 15) is 14.3 Å². The third-order valence-electron chi connectivity index (χ3n) is 2.89. The summed E-state index contributed by atoms with van der Waals surface area (Å²) in [5.41, 5.74) is 1.42. The van der Waals surface area contributed by atoms with Crippen molar-refractivity contribution in [3.05, 3.63) is 51.5 Å². The zero-order chi connectivity index (χ0) is 14.0. The Balaban J connectivity index is 2.15. The van der Waals surface area contributed by atoms with Gasteiger partial charge in [-0.15, -0.1) is 11.3 Å².